The number of ether oxygens (including phenoxy) is 1. The van der Waals surface area contributed by atoms with Gasteiger partial charge in [-0.15, -0.1) is 13.2 Å². The molecular weight excluding hydrogens is 201 g/mol. The molecule has 0 bridgehead atoms. The topological polar surface area (TPSA) is 41.6 Å². The number of carbonyl (C=O) groups is 1. The second-order valence-electron chi connectivity index (χ2n) is 2.85. The number of halogens is 3. The molecule has 82 valence electrons. The molecular formula is C7H11F3N2O2. The van der Waals surface area contributed by atoms with E-state index in [0.717, 1.165) is 0 Å². The number of piperazine rings is 1. The van der Waals surface area contributed by atoms with Gasteiger partial charge in [0, 0.05) is 19.6 Å². The summed E-state index contributed by atoms with van der Waals surface area (Å²) in [6.07, 6.45) is -4.61. The summed E-state index contributed by atoms with van der Waals surface area (Å²) >= 11 is 0. The minimum Gasteiger partial charge on any atom is -0.338 e. The van der Waals surface area contributed by atoms with Gasteiger partial charge in [0.1, 0.15) is 0 Å². The van der Waals surface area contributed by atoms with E-state index in [1.807, 2.05) is 0 Å². The maximum atomic E-state index is 11.6. The number of nitrogens with zero attached hydrogens (tertiary/aromatic N) is 1. The molecule has 0 aliphatic carbocycles. The first-order valence-electron chi connectivity index (χ1n) is 4.18. The van der Waals surface area contributed by atoms with E-state index in [2.05, 4.69) is 10.1 Å². The van der Waals surface area contributed by atoms with Crippen LogP contribution in [0.3, 0.4) is 0 Å². The smallest absolute Gasteiger partial charge is 0.338 e. The molecule has 1 saturated heterocycles. The summed E-state index contributed by atoms with van der Waals surface area (Å²) in [4.78, 5) is 12.4. The summed E-state index contributed by atoms with van der Waals surface area (Å²) < 4.78 is 38.3. The predicted molar refractivity (Wildman–Crippen MR) is 41.5 cm³/mol. The van der Waals surface area contributed by atoms with E-state index >= 15 is 0 Å². The van der Waals surface area contributed by atoms with Gasteiger partial charge < -0.3 is 10.2 Å². The minimum atomic E-state index is -4.61. The van der Waals surface area contributed by atoms with Gasteiger partial charge in [-0.3, -0.25) is 9.53 Å². The Morgan fingerprint density at radius 1 is 1.50 bits per heavy atom. The Labute approximate surface area is 79.0 Å². The molecule has 0 atom stereocenters. The highest BCUT2D eigenvalue weighted by molar-refractivity contribution is 5.78. The van der Waals surface area contributed by atoms with E-state index in [1.165, 1.54) is 4.90 Å². The average molecular weight is 212 g/mol. The standard InChI is InChI=1S/C7H11F3N2O2/c8-7(9,10)14-4-3-12-2-1-11-5-6(12)13/h11H,1-5H2. The van der Waals surface area contributed by atoms with Gasteiger partial charge in [-0.25, -0.2) is 0 Å². The first kappa shape index (κ1) is 11.3. The van der Waals surface area contributed by atoms with Crippen LogP contribution >= 0.6 is 0 Å². The zero-order valence-corrected chi connectivity index (χ0v) is 7.43. The van der Waals surface area contributed by atoms with Crippen LogP contribution in [0.1, 0.15) is 0 Å². The lowest BCUT2D eigenvalue weighted by molar-refractivity contribution is -0.324. The highest BCUT2D eigenvalue weighted by Gasteiger charge is 2.29. The van der Waals surface area contributed by atoms with E-state index < -0.39 is 13.0 Å². The summed E-state index contributed by atoms with van der Waals surface area (Å²) in [5.41, 5.74) is 0. The number of amides is 1. The maximum Gasteiger partial charge on any atom is 0.522 e. The monoisotopic (exact) mass is 212 g/mol. The van der Waals surface area contributed by atoms with Gasteiger partial charge in [-0.1, -0.05) is 0 Å². The van der Waals surface area contributed by atoms with Crippen molar-refractivity contribution in [1.82, 2.24) is 10.2 Å². The number of carbonyl (C=O) groups excluding carboxylic acids is 1. The van der Waals surface area contributed by atoms with E-state index in [9.17, 15) is 18.0 Å². The van der Waals surface area contributed by atoms with Crippen LogP contribution in [-0.2, 0) is 9.53 Å². The van der Waals surface area contributed by atoms with Crippen LogP contribution < -0.4 is 5.32 Å². The number of rotatable bonds is 3. The highest BCUT2D eigenvalue weighted by atomic mass is 19.4. The minimum absolute atomic E-state index is 0.0139. The van der Waals surface area contributed by atoms with Gasteiger partial charge in [0.2, 0.25) is 5.91 Å². The number of alkyl halides is 3. The quantitative estimate of drug-likeness (QED) is 0.713. The normalized spacial score (nSPS) is 18.8. The van der Waals surface area contributed by atoms with Crippen LogP contribution in [0.25, 0.3) is 0 Å². The molecule has 0 spiro atoms. The maximum absolute atomic E-state index is 11.6. The Morgan fingerprint density at radius 3 is 2.79 bits per heavy atom. The molecule has 0 saturated carbocycles. The van der Waals surface area contributed by atoms with Crippen molar-refractivity contribution in [3.63, 3.8) is 0 Å². The van der Waals surface area contributed by atoms with Gasteiger partial charge in [0.25, 0.3) is 0 Å². The predicted octanol–water partition coefficient (Wildman–Crippen LogP) is -0.0454. The van der Waals surface area contributed by atoms with Gasteiger partial charge >= 0.3 is 6.36 Å². The van der Waals surface area contributed by atoms with Gasteiger partial charge in [0.05, 0.1) is 13.2 Å². The van der Waals surface area contributed by atoms with Crippen molar-refractivity contribution in [2.24, 2.45) is 0 Å². The fourth-order valence-corrected chi connectivity index (χ4v) is 1.15. The third-order valence-electron chi connectivity index (χ3n) is 1.81. The van der Waals surface area contributed by atoms with Crippen molar-refractivity contribution in [3.8, 4) is 0 Å². The molecule has 14 heavy (non-hydrogen) atoms. The van der Waals surface area contributed by atoms with E-state index in [0.29, 0.717) is 13.1 Å². The average Bonchev–Trinajstić information content (AvgIpc) is 2.06. The zero-order chi connectivity index (χ0) is 10.6. The number of hydrogen-bond acceptors (Lipinski definition) is 3. The van der Waals surface area contributed by atoms with Gasteiger partial charge in [-0.05, 0) is 0 Å². The summed E-state index contributed by atoms with van der Waals surface area (Å²) in [6, 6.07) is 0. The van der Waals surface area contributed by atoms with Crippen molar-refractivity contribution in [2.45, 2.75) is 6.36 Å². The van der Waals surface area contributed by atoms with Crippen molar-refractivity contribution >= 4 is 5.91 Å². The lowest BCUT2D eigenvalue weighted by atomic mass is 10.3. The lowest BCUT2D eigenvalue weighted by Crippen LogP contribution is -2.49. The van der Waals surface area contributed by atoms with Crippen molar-refractivity contribution in [2.75, 3.05) is 32.8 Å². The Bertz CT molecular complexity index is 208. The molecule has 1 rings (SSSR count). The molecule has 1 heterocycles. The number of hydrogen-bond donors (Lipinski definition) is 1. The molecule has 0 aromatic carbocycles. The Hall–Kier alpha value is -0.820. The summed E-state index contributed by atoms with van der Waals surface area (Å²) in [5.74, 6) is -0.193. The van der Waals surface area contributed by atoms with Crippen LogP contribution in [0.2, 0.25) is 0 Å². The van der Waals surface area contributed by atoms with Gasteiger partial charge in [0.15, 0.2) is 0 Å². The number of nitrogens with one attached hydrogen (secondary N) is 1. The van der Waals surface area contributed by atoms with Crippen LogP contribution in [0.5, 0.6) is 0 Å². The first-order valence-corrected chi connectivity index (χ1v) is 4.18. The Kier molecular flexibility index (Phi) is 3.70. The Balaban J connectivity index is 2.20. The fraction of sp³-hybridized carbons (Fsp3) is 0.857. The molecule has 7 heteroatoms. The summed E-state index contributed by atoms with van der Waals surface area (Å²) in [5, 5.41) is 2.82. The second kappa shape index (κ2) is 4.61. The lowest BCUT2D eigenvalue weighted by Gasteiger charge is -2.27. The SMILES string of the molecule is O=C1CNCCN1CCOC(F)(F)F. The van der Waals surface area contributed by atoms with Crippen LogP contribution in [0.15, 0.2) is 0 Å². The molecule has 1 fully saturated rings. The molecule has 1 aliphatic heterocycles. The van der Waals surface area contributed by atoms with Crippen LogP contribution in [0, 0.1) is 0 Å². The van der Waals surface area contributed by atoms with Crippen molar-refractivity contribution in [3.05, 3.63) is 0 Å². The Morgan fingerprint density at radius 2 is 2.21 bits per heavy atom. The van der Waals surface area contributed by atoms with Gasteiger partial charge in [-0.2, -0.15) is 0 Å². The van der Waals surface area contributed by atoms with Crippen LogP contribution in [0.4, 0.5) is 13.2 Å². The highest BCUT2D eigenvalue weighted by Crippen LogP contribution is 2.15. The molecule has 0 unspecified atom stereocenters. The third kappa shape index (κ3) is 3.93. The summed E-state index contributed by atoms with van der Waals surface area (Å²) in [7, 11) is 0. The molecule has 1 N–H and O–H groups in total. The molecule has 0 aromatic rings. The first-order chi connectivity index (χ1) is 6.49. The molecule has 4 nitrogen and oxygen atoms in total. The molecule has 0 aromatic heterocycles. The van der Waals surface area contributed by atoms with Crippen LogP contribution in [-0.4, -0.2) is 50.0 Å². The third-order valence-corrected chi connectivity index (χ3v) is 1.81. The van der Waals surface area contributed by atoms with Crippen molar-refractivity contribution < 1.29 is 22.7 Å². The van der Waals surface area contributed by atoms with E-state index in [4.69, 9.17) is 0 Å². The van der Waals surface area contributed by atoms with Crippen molar-refractivity contribution in [1.29, 1.82) is 0 Å². The van der Waals surface area contributed by atoms with E-state index in [1.54, 1.807) is 0 Å². The molecule has 1 amide bonds. The fourth-order valence-electron chi connectivity index (χ4n) is 1.15. The van der Waals surface area contributed by atoms with E-state index in [-0.39, 0.29) is 19.0 Å². The molecule has 1 aliphatic rings. The molecule has 0 radical (unpaired) electrons. The largest absolute Gasteiger partial charge is 0.522 e. The summed E-state index contributed by atoms with van der Waals surface area (Å²) in [6.45, 7) is 0.707. The zero-order valence-electron chi connectivity index (χ0n) is 7.43. The second-order valence-corrected chi connectivity index (χ2v) is 2.85.